The molecule has 9 heteroatoms. The Morgan fingerprint density at radius 2 is 1.91 bits per heavy atom. The summed E-state index contributed by atoms with van der Waals surface area (Å²) in [5.74, 6) is 1.79. The smallest absolute Gasteiger partial charge is 0.410 e. The van der Waals surface area contributed by atoms with E-state index in [1.807, 2.05) is 25.7 Å². The second-order valence-electron chi connectivity index (χ2n) is 9.32. The van der Waals surface area contributed by atoms with E-state index in [1.165, 1.54) is 12.8 Å². The van der Waals surface area contributed by atoms with Crippen molar-refractivity contribution in [3.63, 3.8) is 0 Å². The number of imidazole rings is 1. The number of carbonyl (C=O) groups is 1. The molecule has 1 aromatic carbocycles. The van der Waals surface area contributed by atoms with Crippen molar-refractivity contribution in [1.29, 1.82) is 0 Å². The van der Waals surface area contributed by atoms with Crippen molar-refractivity contribution in [2.24, 2.45) is 0 Å². The lowest BCUT2D eigenvalue weighted by Crippen LogP contribution is -2.45. The Bertz CT molecular complexity index is 968. The molecule has 6 nitrogen and oxygen atoms in total. The van der Waals surface area contributed by atoms with Crippen LogP contribution in [0.15, 0.2) is 24.3 Å². The number of hydrogen-bond acceptors (Lipinski definition) is 4. The van der Waals surface area contributed by atoms with Gasteiger partial charge in [0.1, 0.15) is 20.9 Å². The summed E-state index contributed by atoms with van der Waals surface area (Å²) in [7, 11) is 0. The molecular formula is C23H28F2IN3O3. The van der Waals surface area contributed by atoms with E-state index >= 15 is 0 Å². The molecule has 174 valence electrons. The molecule has 1 amide bonds. The van der Waals surface area contributed by atoms with Crippen molar-refractivity contribution in [3.05, 3.63) is 45.0 Å². The molecule has 1 aliphatic carbocycles. The maximum Gasteiger partial charge on any atom is 0.410 e. The number of carbonyl (C=O) groups excluding carboxylic acids is 1. The lowest BCUT2D eigenvalue weighted by molar-refractivity contribution is -0.0498. The third kappa shape index (κ3) is 5.35. The van der Waals surface area contributed by atoms with E-state index in [9.17, 15) is 13.6 Å². The molecule has 32 heavy (non-hydrogen) atoms. The quantitative estimate of drug-likeness (QED) is 0.415. The molecule has 0 spiro atoms. The van der Waals surface area contributed by atoms with Crippen molar-refractivity contribution in [2.45, 2.75) is 77.2 Å². The molecule has 1 aromatic heterocycles. The average Bonchev–Trinajstić information content (AvgIpc) is 3.49. The molecule has 1 unspecified atom stereocenters. The number of ether oxygens (including phenoxy) is 2. The van der Waals surface area contributed by atoms with E-state index < -0.39 is 12.2 Å². The molecule has 4 rings (SSSR count). The summed E-state index contributed by atoms with van der Waals surface area (Å²) < 4.78 is 38.2. The van der Waals surface area contributed by atoms with Gasteiger partial charge in [0, 0.05) is 19.0 Å². The van der Waals surface area contributed by atoms with E-state index in [1.54, 1.807) is 24.3 Å². The summed E-state index contributed by atoms with van der Waals surface area (Å²) in [6, 6.07) is 6.51. The Balaban J connectivity index is 1.57. The van der Waals surface area contributed by atoms with Gasteiger partial charge in [0.15, 0.2) is 0 Å². The predicted octanol–water partition coefficient (Wildman–Crippen LogP) is 5.89. The lowest BCUT2D eigenvalue weighted by Gasteiger charge is -2.38. The molecule has 0 saturated heterocycles. The lowest BCUT2D eigenvalue weighted by atomic mass is 10.0. The zero-order valence-electron chi connectivity index (χ0n) is 18.5. The first-order valence-corrected chi connectivity index (χ1v) is 12.0. The van der Waals surface area contributed by atoms with Gasteiger partial charge in [0.25, 0.3) is 0 Å². The van der Waals surface area contributed by atoms with Gasteiger partial charge in [-0.05, 0) is 86.7 Å². The second kappa shape index (κ2) is 9.15. The van der Waals surface area contributed by atoms with Crippen molar-refractivity contribution in [3.8, 4) is 5.75 Å². The van der Waals surface area contributed by atoms with Crippen LogP contribution in [0.1, 0.15) is 69.1 Å². The molecule has 0 N–H and O–H groups in total. The molecule has 2 heterocycles. The van der Waals surface area contributed by atoms with Crippen LogP contribution in [0.3, 0.4) is 0 Å². The Morgan fingerprint density at radius 1 is 1.22 bits per heavy atom. The molecule has 1 atom stereocenters. The average molecular weight is 559 g/mol. The predicted molar refractivity (Wildman–Crippen MR) is 124 cm³/mol. The number of aryl methyl sites for hydroxylation is 1. The molecule has 1 aliphatic heterocycles. The Kier molecular flexibility index (Phi) is 6.65. The summed E-state index contributed by atoms with van der Waals surface area (Å²) in [4.78, 5) is 19.7. The van der Waals surface area contributed by atoms with E-state index in [-0.39, 0.29) is 17.9 Å². The highest BCUT2D eigenvalue weighted by molar-refractivity contribution is 14.1. The summed E-state index contributed by atoms with van der Waals surface area (Å²) in [6.45, 7) is 4.05. The Labute approximate surface area is 200 Å². The largest absolute Gasteiger partial charge is 0.444 e. The van der Waals surface area contributed by atoms with Crippen LogP contribution in [0.2, 0.25) is 0 Å². The fourth-order valence-electron chi connectivity index (χ4n) is 4.14. The van der Waals surface area contributed by atoms with Gasteiger partial charge < -0.3 is 14.0 Å². The van der Waals surface area contributed by atoms with Crippen LogP contribution < -0.4 is 4.74 Å². The van der Waals surface area contributed by atoms with Gasteiger partial charge in [-0.1, -0.05) is 12.1 Å². The number of aromatic nitrogens is 2. The number of halogens is 3. The fraction of sp³-hybridized carbons (Fsp3) is 0.565. The number of hydrogen-bond donors (Lipinski definition) is 0. The van der Waals surface area contributed by atoms with Crippen LogP contribution in [0.25, 0.3) is 0 Å². The maximum absolute atomic E-state index is 13.0. The molecule has 0 bridgehead atoms. The van der Waals surface area contributed by atoms with Gasteiger partial charge in [0.2, 0.25) is 0 Å². The number of alkyl halides is 2. The molecular weight excluding hydrogens is 531 g/mol. The Hall–Kier alpha value is -1.91. The molecule has 2 aliphatic rings. The number of rotatable bonds is 6. The minimum atomic E-state index is -2.84. The number of nitrogens with zero attached hydrogens (tertiary/aromatic N) is 3. The van der Waals surface area contributed by atoms with Gasteiger partial charge in [0.05, 0.1) is 11.7 Å². The number of benzene rings is 1. The van der Waals surface area contributed by atoms with Crippen molar-refractivity contribution in [2.75, 3.05) is 6.54 Å². The van der Waals surface area contributed by atoms with Crippen molar-refractivity contribution >= 4 is 28.7 Å². The first kappa shape index (κ1) is 23.3. The zero-order chi connectivity index (χ0) is 23.0. The van der Waals surface area contributed by atoms with E-state index in [2.05, 4.69) is 31.9 Å². The molecule has 0 radical (unpaired) electrons. The third-order valence-electron chi connectivity index (χ3n) is 5.67. The van der Waals surface area contributed by atoms with Crippen LogP contribution in [0.4, 0.5) is 13.6 Å². The maximum atomic E-state index is 13.0. The molecule has 2 aromatic rings. The monoisotopic (exact) mass is 559 g/mol. The Morgan fingerprint density at radius 3 is 2.50 bits per heavy atom. The van der Waals surface area contributed by atoms with Gasteiger partial charge in [-0.2, -0.15) is 8.78 Å². The van der Waals surface area contributed by atoms with Gasteiger partial charge in [-0.15, -0.1) is 0 Å². The van der Waals surface area contributed by atoms with Gasteiger partial charge in [-0.25, -0.2) is 9.78 Å². The van der Waals surface area contributed by atoms with Crippen LogP contribution in [-0.2, 0) is 17.7 Å². The summed E-state index contributed by atoms with van der Waals surface area (Å²) >= 11 is 2.27. The van der Waals surface area contributed by atoms with Crippen LogP contribution >= 0.6 is 22.6 Å². The summed E-state index contributed by atoms with van der Waals surface area (Å²) in [6.07, 6.45) is 3.37. The number of amides is 1. The normalized spacial score (nSPS) is 18.6. The van der Waals surface area contributed by atoms with Gasteiger partial charge >= 0.3 is 12.7 Å². The molecule has 1 saturated carbocycles. The highest BCUT2D eigenvalue weighted by atomic mass is 127. The summed E-state index contributed by atoms with van der Waals surface area (Å²) in [5, 5.41) is 0. The van der Waals surface area contributed by atoms with E-state index in [4.69, 9.17) is 9.72 Å². The standard InChI is InChI=1S/C23H28F2IN3O3/c1-23(2,3)32-22(30)28-12-13-29-18(19(26)27-20(29)15-7-8-15)17(28)11-6-14-4-9-16(10-5-14)31-21(24)25/h4-5,9-10,15,17,21H,6-8,11-13H2,1-3H3. The first-order valence-electron chi connectivity index (χ1n) is 10.9. The first-order chi connectivity index (χ1) is 15.1. The van der Waals surface area contributed by atoms with E-state index in [0.29, 0.717) is 31.8 Å². The second-order valence-corrected chi connectivity index (χ2v) is 10.3. The highest BCUT2D eigenvalue weighted by Crippen LogP contribution is 2.43. The third-order valence-corrected chi connectivity index (χ3v) is 6.47. The van der Waals surface area contributed by atoms with Gasteiger partial charge in [-0.3, -0.25) is 4.90 Å². The number of fused-ring (bicyclic) bond motifs is 1. The van der Waals surface area contributed by atoms with E-state index in [0.717, 1.165) is 20.8 Å². The topological polar surface area (TPSA) is 56.6 Å². The summed E-state index contributed by atoms with van der Waals surface area (Å²) in [5.41, 5.74) is 1.48. The van der Waals surface area contributed by atoms with Crippen molar-refractivity contribution < 1.29 is 23.0 Å². The minimum Gasteiger partial charge on any atom is -0.444 e. The minimum absolute atomic E-state index is 0.137. The SMILES string of the molecule is CC(C)(C)OC(=O)N1CCn2c(C3CC3)nc(I)c2C1CCc1ccc(OC(F)F)cc1. The zero-order valence-corrected chi connectivity index (χ0v) is 20.6. The fourth-order valence-corrected chi connectivity index (χ4v) is 5.04. The van der Waals surface area contributed by atoms with Crippen LogP contribution in [0.5, 0.6) is 5.75 Å². The highest BCUT2D eigenvalue weighted by Gasteiger charge is 2.39. The van der Waals surface area contributed by atoms with Crippen molar-refractivity contribution in [1.82, 2.24) is 14.5 Å². The molecule has 1 fully saturated rings. The van der Waals surface area contributed by atoms with Crippen LogP contribution in [0, 0.1) is 3.70 Å². The van der Waals surface area contributed by atoms with Crippen LogP contribution in [-0.4, -0.2) is 39.3 Å².